The van der Waals surface area contributed by atoms with Gasteiger partial charge in [0.15, 0.2) is 6.10 Å². The zero-order valence-electron chi connectivity index (χ0n) is 14.7. The van der Waals surface area contributed by atoms with Crippen molar-refractivity contribution < 1.29 is 14.3 Å². The number of carbonyl (C=O) groups is 2. The number of hydrogen-bond donors (Lipinski definition) is 2. The molecule has 0 aliphatic carbocycles. The van der Waals surface area contributed by atoms with E-state index >= 15 is 0 Å². The molecule has 0 saturated carbocycles. The number of fused-ring (bicyclic) bond motifs is 1. The van der Waals surface area contributed by atoms with Crippen LogP contribution >= 0.6 is 11.8 Å². The van der Waals surface area contributed by atoms with E-state index in [1.165, 1.54) is 0 Å². The van der Waals surface area contributed by atoms with Crippen LogP contribution in [0.5, 0.6) is 5.75 Å². The molecular weight excluding hydrogens is 350 g/mol. The first-order valence-corrected chi connectivity index (χ1v) is 9.49. The van der Waals surface area contributed by atoms with Gasteiger partial charge in [-0.05, 0) is 42.7 Å². The topological polar surface area (TPSA) is 70.7 Å². The molecule has 136 valence electrons. The number of amides is 2. The lowest BCUT2D eigenvalue weighted by atomic mass is 10.1. The molecule has 2 aromatic rings. The Kier molecular flexibility index (Phi) is 5.68. The first kappa shape index (κ1) is 18.1. The number of carbonyl (C=O) groups excluding carboxylic acids is 2. The van der Waals surface area contributed by atoms with Gasteiger partial charge in [-0.1, -0.05) is 12.1 Å². The van der Waals surface area contributed by atoms with E-state index < -0.39 is 6.10 Å². The van der Waals surface area contributed by atoms with Crippen LogP contribution in [-0.2, 0) is 9.59 Å². The quantitative estimate of drug-likeness (QED) is 0.790. The average Bonchev–Trinajstić information content (AvgIpc) is 2.67. The fourth-order valence-electron chi connectivity index (χ4n) is 2.80. The van der Waals surface area contributed by atoms with Crippen LogP contribution in [-0.4, -0.2) is 44.3 Å². The van der Waals surface area contributed by atoms with Gasteiger partial charge in [0.05, 0.1) is 18.8 Å². The summed E-state index contributed by atoms with van der Waals surface area (Å²) >= 11 is 1.65. The van der Waals surface area contributed by atoms with Gasteiger partial charge in [-0.15, -0.1) is 11.8 Å². The Balaban J connectivity index is 1.72. The molecule has 2 aromatic carbocycles. The molecule has 6 nitrogen and oxygen atoms in total. The minimum atomic E-state index is -0.649. The molecule has 0 saturated heterocycles. The summed E-state index contributed by atoms with van der Waals surface area (Å²) in [5.74, 6) is 0.247. The molecule has 2 amide bonds. The predicted molar refractivity (Wildman–Crippen MR) is 104 cm³/mol. The third-order valence-corrected chi connectivity index (χ3v) is 4.85. The number of rotatable bonds is 5. The Labute approximate surface area is 156 Å². The molecule has 0 aromatic heterocycles. The third kappa shape index (κ3) is 4.11. The van der Waals surface area contributed by atoms with Crippen molar-refractivity contribution in [1.29, 1.82) is 0 Å². The van der Waals surface area contributed by atoms with Gasteiger partial charge < -0.3 is 20.3 Å². The molecule has 1 heterocycles. The Hall–Kier alpha value is -2.67. The van der Waals surface area contributed by atoms with Crippen molar-refractivity contribution in [2.45, 2.75) is 11.0 Å². The van der Waals surface area contributed by atoms with Gasteiger partial charge in [0, 0.05) is 17.6 Å². The van der Waals surface area contributed by atoms with Crippen LogP contribution in [0.25, 0.3) is 0 Å². The molecule has 1 atom stereocenters. The van der Waals surface area contributed by atoms with E-state index in [2.05, 4.69) is 10.6 Å². The highest BCUT2D eigenvalue weighted by molar-refractivity contribution is 7.98. The summed E-state index contributed by atoms with van der Waals surface area (Å²) < 4.78 is 5.75. The molecule has 0 fully saturated rings. The van der Waals surface area contributed by atoms with Gasteiger partial charge in [-0.2, -0.15) is 0 Å². The molecule has 0 spiro atoms. The number of ether oxygens (including phenoxy) is 1. The normalized spacial score (nSPS) is 15.6. The number of thioether (sulfide) groups is 1. The van der Waals surface area contributed by atoms with Crippen molar-refractivity contribution in [3.8, 4) is 5.75 Å². The van der Waals surface area contributed by atoms with E-state index in [0.717, 1.165) is 16.3 Å². The first-order chi connectivity index (χ1) is 12.6. The summed E-state index contributed by atoms with van der Waals surface area (Å²) in [6, 6.07) is 15.1. The highest BCUT2D eigenvalue weighted by Crippen LogP contribution is 2.33. The van der Waals surface area contributed by atoms with E-state index in [9.17, 15) is 9.59 Å². The van der Waals surface area contributed by atoms with E-state index in [0.29, 0.717) is 12.3 Å². The summed E-state index contributed by atoms with van der Waals surface area (Å²) in [4.78, 5) is 27.5. The highest BCUT2D eigenvalue weighted by atomic mass is 32.2. The van der Waals surface area contributed by atoms with E-state index in [4.69, 9.17) is 4.74 Å². The van der Waals surface area contributed by atoms with Crippen molar-refractivity contribution in [2.24, 2.45) is 0 Å². The van der Waals surface area contributed by atoms with Gasteiger partial charge in [-0.25, -0.2) is 0 Å². The number of nitrogens with zero attached hydrogens (tertiary/aromatic N) is 1. The maximum atomic E-state index is 12.5. The Morgan fingerprint density at radius 1 is 1.19 bits per heavy atom. The fourth-order valence-corrected chi connectivity index (χ4v) is 3.21. The van der Waals surface area contributed by atoms with Crippen molar-refractivity contribution in [3.63, 3.8) is 0 Å². The van der Waals surface area contributed by atoms with E-state index in [-0.39, 0.29) is 18.4 Å². The molecule has 26 heavy (non-hydrogen) atoms. The van der Waals surface area contributed by atoms with Crippen LogP contribution in [0.1, 0.15) is 0 Å². The van der Waals surface area contributed by atoms with Crippen LogP contribution in [0.4, 0.5) is 11.4 Å². The van der Waals surface area contributed by atoms with Crippen LogP contribution in [0.3, 0.4) is 0 Å². The van der Waals surface area contributed by atoms with Crippen LogP contribution in [0.15, 0.2) is 53.4 Å². The summed E-state index contributed by atoms with van der Waals surface area (Å²) in [6.45, 7) is 0.452. The number of para-hydroxylation sites is 2. The number of nitrogens with one attached hydrogen (secondary N) is 2. The van der Waals surface area contributed by atoms with Crippen molar-refractivity contribution in [1.82, 2.24) is 5.32 Å². The van der Waals surface area contributed by atoms with Gasteiger partial charge in [0.2, 0.25) is 5.91 Å². The lowest BCUT2D eigenvalue weighted by molar-refractivity contribution is -0.127. The fraction of sp³-hybridized carbons (Fsp3) is 0.263. The standard InChI is InChI=1S/C19H21N3O3S/c1-20-19(24)17-11-22(15-5-3-4-6-16(15)25-17)12-18(23)21-13-7-9-14(26-2)10-8-13/h3-10,17H,11-12H2,1-2H3,(H,20,24)(H,21,23). The SMILES string of the molecule is CNC(=O)C1CN(CC(=O)Nc2ccc(SC)cc2)c2ccccc2O1. The summed E-state index contributed by atoms with van der Waals surface area (Å²) in [5, 5.41) is 5.50. The molecule has 2 N–H and O–H groups in total. The van der Waals surface area contributed by atoms with E-state index in [1.807, 2.05) is 53.6 Å². The van der Waals surface area contributed by atoms with Gasteiger partial charge in [0.25, 0.3) is 5.91 Å². The largest absolute Gasteiger partial charge is 0.477 e. The molecule has 0 radical (unpaired) electrons. The maximum absolute atomic E-state index is 12.5. The van der Waals surface area contributed by atoms with Crippen LogP contribution in [0, 0.1) is 0 Å². The zero-order chi connectivity index (χ0) is 18.5. The summed E-state index contributed by atoms with van der Waals surface area (Å²) in [7, 11) is 1.57. The monoisotopic (exact) mass is 371 g/mol. The molecule has 3 rings (SSSR count). The lowest BCUT2D eigenvalue weighted by Crippen LogP contribution is -2.50. The number of benzene rings is 2. The average molecular weight is 371 g/mol. The number of likely N-dealkylation sites (N-methyl/N-ethyl adjacent to an activating group) is 1. The Morgan fingerprint density at radius 3 is 2.62 bits per heavy atom. The number of anilines is 2. The second-order valence-corrected chi connectivity index (χ2v) is 6.73. The van der Waals surface area contributed by atoms with Gasteiger partial charge in [0.1, 0.15) is 5.75 Å². The molecule has 1 unspecified atom stereocenters. The second kappa shape index (κ2) is 8.14. The minimum Gasteiger partial charge on any atom is -0.477 e. The van der Waals surface area contributed by atoms with Gasteiger partial charge >= 0.3 is 0 Å². The molecule has 1 aliphatic rings. The lowest BCUT2D eigenvalue weighted by Gasteiger charge is -2.34. The minimum absolute atomic E-state index is 0.137. The molecule has 0 bridgehead atoms. The Morgan fingerprint density at radius 2 is 1.92 bits per heavy atom. The van der Waals surface area contributed by atoms with Crippen molar-refractivity contribution in [3.05, 3.63) is 48.5 Å². The smallest absolute Gasteiger partial charge is 0.262 e. The maximum Gasteiger partial charge on any atom is 0.262 e. The molecule has 7 heteroatoms. The molecular formula is C19H21N3O3S. The molecule has 1 aliphatic heterocycles. The van der Waals surface area contributed by atoms with Crippen molar-refractivity contribution in [2.75, 3.05) is 36.6 Å². The summed E-state index contributed by atoms with van der Waals surface area (Å²) in [6.07, 6.45) is 1.36. The highest BCUT2D eigenvalue weighted by Gasteiger charge is 2.30. The van der Waals surface area contributed by atoms with Crippen LogP contribution in [0.2, 0.25) is 0 Å². The number of hydrogen-bond acceptors (Lipinski definition) is 5. The van der Waals surface area contributed by atoms with Crippen molar-refractivity contribution >= 4 is 35.0 Å². The van der Waals surface area contributed by atoms with E-state index in [1.54, 1.807) is 24.9 Å². The zero-order valence-corrected chi connectivity index (χ0v) is 15.5. The van der Waals surface area contributed by atoms with Crippen LogP contribution < -0.4 is 20.3 Å². The summed E-state index contributed by atoms with van der Waals surface area (Å²) in [5.41, 5.74) is 1.55. The predicted octanol–water partition coefficient (Wildman–Crippen LogP) is 2.36. The van der Waals surface area contributed by atoms with Gasteiger partial charge in [-0.3, -0.25) is 9.59 Å². The third-order valence-electron chi connectivity index (χ3n) is 4.11. The first-order valence-electron chi connectivity index (χ1n) is 8.27. The second-order valence-electron chi connectivity index (χ2n) is 5.85. The Bertz CT molecular complexity index is 795.